The van der Waals surface area contributed by atoms with E-state index in [-0.39, 0.29) is 51.4 Å². The summed E-state index contributed by atoms with van der Waals surface area (Å²) < 4.78 is 23.9. The molecule has 0 heterocycles. The summed E-state index contributed by atoms with van der Waals surface area (Å²) in [5.41, 5.74) is -8.51. The predicted molar refractivity (Wildman–Crippen MR) is 225 cm³/mol. The predicted octanol–water partition coefficient (Wildman–Crippen LogP) is 9.60. The standard InChI is InChI=1S/4C11H22O3.Sn/c4*1-3-5-7-9-11(14,10(12)13)8-6-4-2;/h4*14H,3-9H2,1-2H3,(H,12,13);/q;;;;+4/p-4. The van der Waals surface area contributed by atoms with E-state index in [1.165, 1.54) is 0 Å². The molecular formula is C44H84O12Sn. The summed E-state index contributed by atoms with van der Waals surface area (Å²) in [6, 6.07) is 0. The molecular weight excluding hydrogens is 839 g/mol. The van der Waals surface area contributed by atoms with Gasteiger partial charge in [0.2, 0.25) is 0 Å². The molecule has 0 aromatic rings. The molecule has 4 N–H and O–H groups in total. The van der Waals surface area contributed by atoms with Crippen LogP contribution in [0.15, 0.2) is 0 Å². The number of aliphatic hydroxyl groups is 4. The average Bonchev–Trinajstić information content (AvgIpc) is 3.17. The number of carbonyl (C=O) groups is 4. The molecule has 12 nitrogen and oxygen atoms in total. The van der Waals surface area contributed by atoms with Crippen molar-refractivity contribution < 1.29 is 51.9 Å². The van der Waals surface area contributed by atoms with Gasteiger partial charge in [0.05, 0.1) is 0 Å². The van der Waals surface area contributed by atoms with E-state index in [0.29, 0.717) is 103 Å². The summed E-state index contributed by atoms with van der Waals surface area (Å²) >= 11 is -7.01. The zero-order valence-corrected chi connectivity index (χ0v) is 40.2. The van der Waals surface area contributed by atoms with Gasteiger partial charge >= 0.3 is 353 Å². The van der Waals surface area contributed by atoms with Crippen LogP contribution in [0.5, 0.6) is 0 Å². The van der Waals surface area contributed by atoms with Crippen molar-refractivity contribution in [3.8, 4) is 0 Å². The van der Waals surface area contributed by atoms with Crippen molar-refractivity contribution in [2.45, 2.75) is 258 Å². The number of carbonyl (C=O) groups excluding carboxylic acids is 4. The first kappa shape index (κ1) is 55.5. The van der Waals surface area contributed by atoms with Crippen LogP contribution in [-0.2, 0) is 31.5 Å². The van der Waals surface area contributed by atoms with E-state index >= 15 is 0 Å². The van der Waals surface area contributed by atoms with Crippen molar-refractivity contribution in [2.75, 3.05) is 0 Å². The van der Waals surface area contributed by atoms with E-state index in [9.17, 15) is 39.6 Å². The van der Waals surface area contributed by atoms with E-state index in [2.05, 4.69) is 0 Å². The third-order valence-corrected chi connectivity index (χ3v) is 15.9. The molecule has 336 valence electrons. The molecule has 0 aromatic carbocycles. The summed E-state index contributed by atoms with van der Waals surface area (Å²) in [4.78, 5) is 57.8. The van der Waals surface area contributed by atoms with Crippen LogP contribution in [-0.4, -0.2) is 86.7 Å². The van der Waals surface area contributed by atoms with Crippen LogP contribution in [0.4, 0.5) is 0 Å². The minimum atomic E-state index is -7.01. The van der Waals surface area contributed by atoms with Gasteiger partial charge < -0.3 is 0 Å². The van der Waals surface area contributed by atoms with E-state index in [1.54, 1.807) is 0 Å². The van der Waals surface area contributed by atoms with Gasteiger partial charge in [-0.2, -0.15) is 0 Å². The molecule has 0 radical (unpaired) electrons. The molecule has 0 rings (SSSR count). The Morgan fingerprint density at radius 1 is 0.316 bits per heavy atom. The van der Waals surface area contributed by atoms with E-state index in [0.717, 1.165) is 25.7 Å². The fourth-order valence-electron chi connectivity index (χ4n) is 6.82. The van der Waals surface area contributed by atoms with Crippen molar-refractivity contribution >= 4 is 43.9 Å². The van der Waals surface area contributed by atoms with Gasteiger partial charge in [0.25, 0.3) is 0 Å². The first-order valence-electron chi connectivity index (χ1n) is 22.8. The molecule has 4 unspecified atom stereocenters. The number of rotatable bonds is 36. The molecule has 0 spiro atoms. The van der Waals surface area contributed by atoms with Crippen LogP contribution < -0.4 is 0 Å². The van der Waals surface area contributed by atoms with Crippen LogP contribution in [0, 0.1) is 0 Å². The van der Waals surface area contributed by atoms with Crippen LogP contribution in [0.1, 0.15) is 235 Å². The Kier molecular flexibility index (Phi) is 28.9. The van der Waals surface area contributed by atoms with Crippen LogP contribution in [0.3, 0.4) is 0 Å². The second-order valence-electron chi connectivity index (χ2n) is 16.4. The Hall–Kier alpha value is -1.48. The molecule has 57 heavy (non-hydrogen) atoms. The number of unbranched alkanes of at least 4 members (excludes halogenated alkanes) is 12. The summed E-state index contributed by atoms with van der Waals surface area (Å²) in [6.07, 6.45) is 11.8. The number of hydrogen-bond acceptors (Lipinski definition) is 12. The maximum absolute atomic E-state index is 14.4. The van der Waals surface area contributed by atoms with Crippen molar-refractivity contribution in [1.82, 2.24) is 0 Å². The molecule has 0 aliphatic rings. The van der Waals surface area contributed by atoms with E-state index in [4.69, 9.17) is 12.3 Å². The molecule has 0 bridgehead atoms. The Balaban J connectivity index is 7.92. The molecule has 0 saturated heterocycles. The summed E-state index contributed by atoms with van der Waals surface area (Å²) in [5, 5.41) is 47.8. The molecule has 0 fully saturated rings. The quantitative estimate of drug-likeness (QED) is 0.0345. The Morgan fingerprint density at radius 3 is 0.632 bits per heavy atom. The second kappa shape index (κ2) is 29.7. The average molecular weight is 924 g/mol. The third kappa shape index (κ3) is 20.1. The topological polar surface area (TPSA) is 186 Å². The number of hydrogen-bond donors (Lipinski definition) is 4. The third-order valence-electron chi connectivity index (χ3n) is 10.9. The SMILES string of the molecule is CCCCCC(O)(CCCC)C(=O)[O][Sn]([O]C(=O)C(O)(CCCC)CCCCC)([O]C(=O)C(O)(CCCC)CCCCC)[O]C(=O)C(O)(CCCC)CCCCC. The minimum absolute atomic E-state index is 0.0240. The van der Waals surface area contributed by atoms with Gasteiger partial charge in [-0.25, -0.2) is 0 Å². The van der Waals surface area contributed by atoms with Gasteiger partial charge in [-0.3, -0.25) is 0 Å². The maximum atomic E-state index is 14.4. The molecule has 0 aliphatic carbocycles. The van der Waals surface area contributed by atoms with E-state index < -0.39 is 66.3 Å². The van der Waals surface area contributed by atoms with Crippen molar-refractivity contribution in [1.29, 1.82) is 0 Å². The molecule has 0 aliphatic heterocycles. The van der Waals surface area contributed by atoms with Crippen molar-refractivity contribution in [3.63, 3.8) is 0 Å². The molecule has 4 atom stereocenters. The van der Waals surface area contributed by atoms with Gasteiger partial charge in [0.15, 0.2) is 0 Å². The van der Waals surface area contributed by atoms with Gasteiger partial charge in [0.1, 0.15) is 0 Å². The van der Waals surface area contributed by atoms with Crippen LogP contribution in [0.2, 0.25) is 0 Å². The molecule has 0 saturated carbocycles. The van der Waals surface area contributed by atoms with Crippen LogP contribution >= 0.6 is 0 Å². The first-order chi connectivity index (χ1) is 27.0. The van der Waals surface area contributed by atoms with Gasteiger partial charge in [-0.15, -0.1) is 0 Å². The van der Waals surface area contributed by atoms with Crippen LogP contribution in [0.25, 0.3) is 0 Å². The summed E-state index contributed by atoms with van der Waals surface area (Å²) in [6.45, 7) is 15.5. The Bertz CT molecular complexity index is 963. The van der Waals surface area contributed by atoms with Gasteiger partial charge in [0, 0.05) is 0 Å². The monoisotopic (exact) mass is 924 g/mol. The Morgan fingerprint density at radius 2 is 0.474 bits per heavy atom. The Labute approximate surface area is 352 Å². The molecule has 0 aromatic heterocycles. The zero-order chi connectivity index (χ0) is 43.4. The van der Waals surface area contributed by atoms with Gasteiger partial charge in [-0.1, -0.05) is 0 Å². The van der Waals surface area contributed by atoms with Crippen molar-refractivity contribution in [2.24, 2.45) is 0 Å². The second-order valence-corrected chi connectivity index (χ2v) is 21.6. The fourth-order valence-corrected chi connectivity index (χ4v) is 12.3. The zero-order valence-electron chi connectivity index (χ0n) is 37.4. The summed E-state index contributed by atoms with van der Waals surface area (Å²) in [5.74, 6) is -5.15. The van der Waals surface area contributed by atoms with Gasteiger partial charge in [-0.05, 0) is 0 Å². The van der Waals surface area contributed by atoms with E-state index in [1.807, 2.05) is 55.4 Å². The molecule has 13 heteroatoms. The van der Waals surface area contributed by atoms with Crippen molar-refractivity contribution in [3.05, 3.63) is 0 Å². The molecule has 0 amide bonds. The fraction of sp³-hybridized carbons (Fsp3) is 0.909. The summed E-state index contributed by atoms with van der Waals surface area (Å²) in [7, 11) is 0. The first-order valence-corrected chi connectivity index (χ1v) is 27.5. The normalized spacial score (nSPS) is 16.9.